The van der Waals surface area contributed by atoms with Crippen molar-refractivity contribution >= 4 is 23.2 Å². The first-order valence-corrected chi connectivity index (χ1v) is 6.85. The number of carbonyl (C=O) groups is 2. The van der Waals surface area contributed by atoms with E-state index in [0.29, 0.717) is 18.4 Å². The second-order valence-electron chi connectivity index (χ2n) is 4.95. The van der Waals surface area contributed by atoms with Crippen molar-refractivity contribution in [2.24, 2.45) is 5.41 Å². The zero-order valence-electron chi connectivity index (χ0n) is 10.6. The molecule has 0 aliphatic heterocycles. The summed E-state index contributed by atoms with van der Waals surface area (Å²) >= 11 is 1.58. The number of rotatable bonds is 4. The highest BCUT2D eigenvalue weighted by atomic mass is 32.1. The molecule has 1 aromatic rings. The lowest BCUT2D eigenvalue weighted by Crippen LogP contribution is -2.47. The number of aryl methyl sites for hydroxylation is 2. The molecule has 4 nitrogen and oxygen atoms in total. The molecule has 2 N–H and O–H groups in total. The summed E-state index contributed by atoms with van der Waals surface area (Å²) in [6.07, 6.45) is 2.24. The van der Waals surface area contributed by atoms with Crippen LogP contribution in [0, 0.1) is 19.3 Å². The van der Waals surface area contributed by atoms with Crippen LogP contribution < -0.4 is 5.32 Å². The number of carboxylic acid groups (broad SMARTS) is 1. The van der Waals surface area contributed by atoms with Crippen LogP contribution in [0.5, 0.6) is 0 Å². The summed E-state index contributed by atoms with van der Waals surface area (Å²) in [7, 11) is 0. The van der Waals surface area contributed by atoms with Crippen LogP contribution in [0.1, 0.15) is 39.4 Å². The summed E-state index contributed by atoms with van der Waals surface area (Å²) in [6.45, 7) is 4.09. The van der Waals surface area contributed by atoms with Crippen molar-refractivity contribution in [3.63, 3.8) is 0 Å². The van der Waals surface area contributed by atoms with Gasteiger partial charge in [-0.1, -0.05) is 6.42 Å². The lowest BCUT2D eigenvalue weighted by Gasteiger charge is -2.37. The highest BCUT2D eigenvalue weighted by Crippen LogP contribution is 2.40. The first kappa shape index (κ1) is 13.1. The molecule has 0 spiro atoms. The zero-order valence-corrected chi connectivity index (χ0v) is 11.4. The highest BCUT2D eigenvalue weighted by Gasteiger charge is 2.44. The van der Waals surface area contributed by atoms with E-state index in [-0.39, 0.29) is 12.5 Å². The molecule has 0 bridgehead atoms. The fourth-order valence-electron chi connectivity index (χ4n) is 2.27. The smallest absolute Gasteiger partial charge is 0.311 e. The largest absolute Gasteiger partial charge is 0.481 e. The molecule has 1 aliphatic rings. The van der Waals surface area contributed by atoms with E-state index in [1.165, 1.54) is 0 Å². The molecular weight excluding hydrogens is 250 g/mol. The van der Waals surface area contributed by atoms with Crippen molar-refractivity contribution in [1.29, 1.82) is 0 Å². The highest BCUT2D eigenvalue weighted by molar-refractivity contribution is 7.12. The van der Waals surface area contributed by atoms with E-state index < -0.39 is 11.4 Å². The molecule has 1 heterocycles. The Hall–Kier alpha value is -1.36. The van der Waals surface area contributed by atoms with Crippen LogP contribution in [0.4, 0.5) is 0 Å². The molecule has 0 aromatic carbocycles. The van der Waals surface area contributed by atoms with E-state index in [4.69, 9.17) is 0 Å². The van der Waals surface area contributed by atoms with Gasteiger partial charge >= 0.3 is 5.97 Å². The molecule has 98 valence electrons. The van der Waals surface area contributed by atoms with Crippen LogP contribution >= 0.6 is 11.3 Å². The second-order valence-corrected chi connectivity index (χ2v) is 6.41. The Morgan fingerprint density at radius 1 is 1.44 bits per heavy atom. The van der Waals surface area contributed by atoms with Crippen molar-refractivity contribution in [1.82, 2.24) is 5.32 Å². The van der Waals surface area contributed by atoms with Gasteiger partial charge in [-0.3, -0.25) is 9.59 Å². The Labute approximate surface area is 110 Å². The van der Waals surface area contributed by atoms with E-state index >= 15 is 0 Å². The molecule has 0 saturated heterocycles. The summed E-state index contributed by atoms with van der Waals surface area (Å²) in [5.74, 6) is -0.961. The third-order valence-electron chi connectivity index (χ3n) is 3.64. The third kappa shape index (κ3) is 2.27. The van der Waals surface area contributed by atoms with Crippen LogP contribution in [0.2, 0.25) is 0 Å². The monoisotopic (exact) mass is 267 g/mol. The van der Waals surface area contributed by atoms with Crippen LogP contribution in [-0.4, -0.2) is 23.5 Å². The standard InChI is InChI=1S/C13H17NO3S/c1-8-6-10(9(2)18-8)11(15)14-7-13(12(16)17)4-3-5-13/h6H,3-5,7H2,1-2H3,(H,14,15)(H,16,17). The van der Waals surface area contributed by atoms with Crippen molar-refractivity contribution in [2.45, 2.75) is 33.1 Å². The van der Waals surface area contributed by atoms with E-state index in [1.807, 2.05) is 19.9 Å². The lowest BCUT2D eigenvalue weighted by atomic mass is 9.69. The Morgan fingerprint density at radius 3 is 2.50 bits per heavy atom. The minimum Gasteiger partial charge on any atom is -0.481 e. The van der Waals surface area contributed by atoms with Gasteiger partial charge in [-0.25, -0.2) is 0 Å². The SMILES string of the molecule is Cc1cc(C(=O)NCC2(C(=O)O)CCC2)c(C)s1. The maximum Gasteiger partial charge on any atom is 0.311 e. The van der Waals surface area contributed by atoms with Gasteiger partial charge in [-0.2, -0.15) is 0 Å². The quantitative estimate of drug-likeness (QED) is 0.880. The third-order valence-corrected chi connectivity index (χ3v) is 4.60. The van der Waals surface area contributed by atoms with Gasteiger partial charge in [0, 0.05) is 16.3 Å². The van der Waals surface area contributed by atoms with Gasteiger partial charge in [0.25, 0.3) is 5.91 Å². The number of thiophene rings is 1. The molecule has 1 saturated carbocycles. The molecule has 5 heteroatoms. The summed E-state index contributed by atoms with van der Waals surface area (Å²) in [6, 6.07) is 1.85. The van der Waals surface area contributed by atoms with Crippen LogP contribution in [0.3, 0.4) is 0 Å². The Kier molecular flexibility index (Phi) is 3.43. The maximum atomic E-state index is 12.0. The van der Waals surface area contributed by atoms with Gasteiger partial charge in [0.05, 0.1) is 11.0 Å². The summed E-state index contributed by atoms with van der Waals surface area (Å²) < 4.78 is 0. The van der Waals surface area contributed by atoms with E-state index in [1.54, 1.807) is 11.3 Å². The number of carboxylic acids is 1. The zero-order chi connectivity index (χ0) is 13.3. The predicted molar refractivity (Wildman–Crippen MR) is 70.0 cm³/mol. The molecule has 1 aliphatic carbocycles. The maximum absolute atomic E-state index is 12.0. The lowest BCUT2D eigenvalue weighted by molar-refractivity contribution is -0.153. The number of hydrogen-bond acceptors (Lipinski definition) is 3. The topological polar surface area (TPSA) is 66.4 Å². The molecule has 0 radical (unpaired) electrons. The molecule has 2 rings (SSSR count). The number of aliphatic carboxylic acids is 1. The van der Waals surface area contributed by atoms with Crippen molar-refractivity contribution in [3.05, 3.63) is 21.4 Å². The Balaban J connectivity index is 2.00. The number of hydrogen-bond donors (Lipinski definition) is 2. The van der Waals surface area contributed by atoms with Gasteiger partial charge < -0.3 is 10.4 Å². The Morgan fingerprint density at radius 2 is 2.11 bits per heavy atom. The molecule has 0 unspecified atom stereocenters. The molecule has 1 amide bonds. The first-order chi connectivity index (χ1) is 8.44. The van der Waals surface area contributed by atoms with Gasteiger partial charge in [0.2, 0.25) is 0 Å². The van der Waals surface area contributed by atoms with Gasteiger partial charge in [0.15, 0.2) is 0 Å². The van der Waals surface area contributed by atoms with Crippen LogP contribution in [-0.2, 0) is 4.79 Å². The van der Waals surface area contributed by atoms with E-state index in [2.05, 4.69) is 5.32 Å². The molecule has 1 aromatic heterocycles. The van der Waals surface area contributed by atoms with Gasteiger partial charge in [-0.15, -0.1) is 11.3 Å². The fourth-order valence-corrected chi connectivity index (χ4v) is 3.19. The minimum atomic E-state index is -0.799. The molecule has 0 atom stereocenters. The second kappa shape index (κ2) is 4.72. The van der Waals surface area contributed by atoms with Crippen LogP contribution in [0.15, 0.2) is 6.07 Å². The first-order valence-electron chi connectivity index (χ1n) is 6.03. The van der Waals surface area contributed by atoms with E-state index in [0.717, 1.165) is 16.2 Å². The normalized spacial score (nSPS) is 17.0. The van der Waals surface area contributed by atoms with E-state index in [9.17, 15) is 14.7 Å². The predicted octanol–water partition coefficient (Wildman–Crippen LogP) is 2.35. The summed E-state index contributed by atoms with van der Waals surface area (Å²) in [5, 5.41) is 11.9. The molecule has 18 heavy (non-hydrogen) atoms. The summed E-state index contributed by atoms with van der Waals surface area (Å²) in [4.78, 5) is 25.2. The number of carbonyl (C=O) groups excluding carboxylic acids is 1. The Bertz CT molecular complexity index is 488. The van der Waals surface area contributed by atoms with Crippen molar-refractivity contribution in [2.75, 3.05) is 6.54 Å². The fraction of sp³-hybridized carbons (Fsp3) is 0.538. The van der Waals surface area contributed by atoms with Gasteiger partial charge in [0.1, 0.15) is 0 Å². The molecule has 1 fully saturated rings. The van der Waals surface area contributed by atoms with Gasteiger partial charge in [-0.05, 0) is 32.8 Å². The average Bonchev–Trinajstić information content (AvgIpc) is 2.55. The minimum absolute atomic E-state index is 0.163. The average molecular weight is 267 g/mol. The number of amides is 1. The molecular formula is C13H17NO3S. The van der Waals surface area contributed by atoms with Crippen molar-refractivity contribution < 1.29 is 14.7 Å². The van der Waals surface area contributed by atoms with Crippen LogP contribution in [0.25, 0.3) is 0 Å². The summed E-state index contributed by atoms with van der Waals surface area (Å²) in [5.41, 5.74) is -0.0633. The van der Waals surface area contributed by atoms with Crippen molar-refractivity contribution in [3.8, 4) is 0 Å². The number of nitrogens with one attached hydrogen (secondary N) is 1.